The first-order valence-electron chi connectivity index (χ1n) is 7.34. The summed E-state index contributed by atoms with van der Waals surface area (Å²) in [6.07, 6.45) is -0.503. The topological polar surface area (TPSA) is 70.7 Å². The monoisotopic (exact) mass is 341 g/mol. The Balaban J connectivity index is 2.44. The van der Waals surface area contributed by atoms with Crippen LogP contribution in [0.2, 0.25) is 5.02 Å². The zero-order valence-electron chi connectivity index (χ0n) is 14.1. The number of halogens is 1. The molecule has 7 heteroatoms. The minimum atomic E-state index is -0.554. The molecule has 0 saturated heterocycles. The summed E-state index contributed by atoms with van der Waals surface area (Å²) in [5.74, 6) is 0. The second kappa shape index (κ2) is 8.06. The van der Waals surface area contributed by atoms with Gasteiger partial charge in [0.2, 0.25) is 0 Å². The average Bonchev–Trinajstić information content (AvgIpc) is 2.38. The number of carbonyl (C=O) groups excluding carboxylic acids is 2. The molecule has 6 nitrogen and oxygen atoms in total. The Morgan fingerprint density at radius 3 is 2.35 bits per heavy atom. The van der Waals surface area contributed by atoms with Crippen molar-refractivity contribution in [1.29, 1.82) is 0 Å². The van der Waals surface area contributed by atoms with E-state index in [1.54, 1.807) is 59.0 Å². The van der Waals surface area contributed by atoms with Gasteiger partial charge in [0.05, 0.1) is 0 Å². The molecule has 1 atom stereocenters. The quantitative estimate of drug-likeness (QED) is 0.876. The van der Waals surface area contributed by atoms with E-state index in [1.165, 1.54) is 4.90 Å². The normalized spacial score (nSPS) is 12.3. The van der Waals surface area contributed by atoms with Gasteiger partial charge in [0.1, 0.15) is 5.60 Å². The third kappa shape index (κ3) is 7.74. The van der Waals surface area contributed by atoms with Gasteiger partial charge in [-0.25, -0.2) is 9.59 Å². The summed E-state index contributed by atoms with van der Waals surface area (Å²) in [6.45, 7) is 7.53. The molecule has 0 aliphatic carbocycles. The molecule has 0 radical (unpaired) electrons. The second-order valence-electron chi connectivity index (χ2n) is 6.36. The van der Waals surface area contributed by atoms with E-state index in [9.17, 15) is 9.59 Å². The summed E-state index contributed by atoms with van der Waals surface area (Å²) in [7, 11) is 1.65. The van der Waals surface area contributed by atoms with Gasteiger partial charge >= 0.3 is 12.1 Å². The molecule has 3 amide bonds. The largest absolute Gasteiger partial charge is 0.444 e. The fourth-order valence-corrected chi connectivity index (χ4v) is 1.93. The van der Waals surface area contributed by atoms with Crippen molar-refractivity contribution in [3.05, 3.63) is 29.3 Å². The van der Waals surface area contributed by atoms with Crippen LogP contribution in [0.3, 0.4) is 0 Å². The number of nitrogens with zero attached hydrogens (tertiary/aromatic N) is 1. The van der Waals surface area contributed by atoms with Crippen LogP contribution in [-0.4, -0.2) is 42.3 Å². The molecule has 0 spiro atoms. The number of carbonyl (C=O) groups is 2. The molecule has 0 aromatic heterocycles. The van der Waals surface area contributed by atoms with E-state index in [0.717, 1.165) is 0 Å². The van der Waals surface area contributed by atoms with Gasteiger partial charge in [-0.3, -0.25) is 0 Å². The van der Waals surface area contributed by atoms with E-state index < -0.39 is 11.7 Å². The lowest BCUT2D eigenvalue weighted by Crippen LogP contribution is -2.45. The molecule has 1 rings (SSSR count). The third-order valence-corrected chi connectivity index (χ3v) is 3.01. The van der Waals surface area contributed by atoms with Gasteiger partial charge in [-0.15, -0.1) is 0 Å². The van der Waals surface area contributed by atoms with Crippen molar-refractivity contribution >= 4 is 29.4 Å². The zero-order valence-corrected chi connectivity index (χ0v) is 14.9. The van der Waals surface area contributed by atoms with Crippen molar-refractivity contribution in [3.63, 3.8) is 0 Å². The number of benzene rings is 1. The summed E-state index contributed by atoms with van der Waals surface area (Å²) >= 11 is 5.80. The van der Waals surface area contributed by atoms with E-state index >= 15 is 0 Å². The van der Waals surface area contributed by atoms with Gasteiger partial charge in [0, 0.05) is 30.3 Å². The minimum absolute atomic E-state index is 0.245. The average molecular weight is 342 g/mol. The molecule has 2 N–H and O–H groups in total. The van der Waals surface area contributed by atoms with Crippen LogP contribution in [0.25, 0.3) is 0 Å². The number of amides is 3. The van der Waals surface area contributed by atoms with Crippen LogP contribution in [0, 0.1) is 0 Å². The molecule has 0 aliphatic rings. The van der Waals surface area contributed by atoms with Crippen LogP contribution in [0.1, 0.15) is 27.7 Å². The van der Waals surface area contributed by atoms with Crippen molar-refractivity contribution in [2.75, 3.05) is 18.9 Å². The molecule has 128 valence electrons. The van der Waals surface area contributed by atoms with Crippen molar-refractivity contribution < 1.29 is 14.3 Å². The van der Waals surface area contributed by atoms with Crippen molar-refractivity contribution in [3.8, 4) is 0 Å². The number of ether oxygens (including phenoxy) is 1. The first-order valence-corrected chi connectivity index (χ1v) is 7.72. The predicted octanol–water partition coefficient (Wildman–Crippen LogP) is 3.72. The number of anilines is 1. The van der Waals surface area contributed by atoms with Crippen molar-refractivity contribution in [2.45, 2.75) is 39.3 Å². The molecular weight excluding hydrogens is 318 g/mol. The minimum Gasteiger partial charge on any atom is -0.444 e. The summed E-state index contributed by atoms with van der Waals surface area (Å²) in [5.41, 5.74) is 0.0980. The van der Waals surface area contributed by atoms with Crippen LogP contribution in [-0.2, 0) is 4.74 Å². The van der Waals surface area contributed by atoms with Gasteiger partial charge < -0.3 is 20.3 Å². The van der Waals surface area contributed by atoms with E-state index in [1.807, 2.05) is 0 Å². The number of nitrogens with one attached hydrogen (secondary N) is 2. The van der Waals surface area contributed by atoms with Gasteiger partial charge in [-0.05, 0) is 52.0 Å². The molecule has 0 bridgehead atoms. The van der Waals surface area contributed by atoms with Gasteiger partial charge in [-0.1, -0.05) is 11.6 Å². The molecule has 0 fully saturated rings. The molecule has 0 unspecified atom stereocenters. The summed E-state index contributed by atoms with van der Waals surface area (Å²) in [4.78, 5) is 25.2. The molecule has 0 aliphatic heterocycles. The fourth-order valence-electron chi connectivity index (χ4n) is 1.80. The van der Waals surface area contributed by atoms with Crippen LogP contribution < -0.4 is 10.6 Å². The molecular formula is C16H24ClN3O3. The summed E-state index contributed by atoms with van der Waals surface area (Å²) in [5, 5.41) is 6.05. The summed E-state index contributed by atoms with van der Waals surface area (Å²) < 4.78 is 5.18. The highest BCUT2D eigenvalue weighted by molar-refractivity contribution is 6.30. The molecule has 1 aromatic carbocycles. The van der Waals surface area contributed by atoms with Crippen molar-refractivity contribution in [1.82, 2.24) is 10.2 Å². The molecule has 23 heavy (non-hydrogen) atoms. The lowest BCUT2D eigenvalue weighted by molar-refractivity contribution is 0.0502. The third-order valence-electron chi connectivity index (χ3n) is 2.75. The zero-order chi connectivity index (χ0) is 17.6. The van der Waals surface area contributed by atoms with Crippen LogP contribution in [0.4, 0.5) is 15.3 Å². The maximum Gasteiger partial charge on any atom is 0.407 e. The molecule has 0 heterocycles. The fraction of sp³-hybridized carbons (Fsp3) is 0.500. The standard InChI is InChI=1S/C16H24ClN3O3/c1-11(18-15(22)23-16(2,3)4)10-20(5)14(21)19-13-8-6-12(17)7-9-13/h6-9,11H,10H2,1-5H3,(H,18,22)(H,19,21)/t11-/m0/s1. The Morgan fingerprint density at radius 1 is 1.26 bits per heavy atom. The van der Waals surface area contributed by atoms with Gasteiger partial charge in [0.15, 0.2) is 0 Å². The summed E-state index contributed by atoms with van der Waals surface area (Å²) in [6, 6.07) is 6.32. The second-order valence-corrected chi connectivity index (χ2v) is 6.80. The van der Waals surface area contributed by atoms with Crippen LogP contribution in [0.15, 0.2) is 24.3 Å². The number of hydrogen-bond acceptors (Lipinski definition) is 3. The predicted molar refractivity (Wildman–Crippen MR) is 91.9 cm³/mol. The number of hydrogen-bond donors (Lipinski definition) is 2. The SMILES string of the molecule is C[C@@H](CN(C)C(=O)Nc1ccc(Cl)cc1)NC(=O)OC(C)(C)C. The first kappa shape index (κ1) is 19.1. The van der Waals surface area contributed by atoms with Gasteiger partial charge in [-0.2, -0.15) is 0 Å². The Hall–Kier alpha value is -1.95. The lowest BCUT2D eigenvalue weighted by Gasteiger charge is -2.25. The highest BCUT2D eigenvalue weighted by Gasteiger charge is 2.19. The number of alkyl carbamates (subject to hydrolysis) is 1. The molecule has 1 aromatic rings. The van der Waals surface area contributed by atoms with E-state index in [2.05, 4.69) is 10.6 Å². The number of rotatable bonds is 4. The van der Waals surface area contributed by atoms with E-state index in [0.29, 0.717) is 17.3 Å². The Bertz CT molecular complexity index is 540. The number of urea groups is 1. The van der Waals surface area contributed by atoms with Gasteiger partial charge in [0.25, 0.3) is 0 Å². The highest BCUT2D eigenvalue weighted by atomic mass is 35.5. The van der Waals surface area contributed by atoms with Crippen LogP contribution >= 0.6 is 11.6 Å². The highest BCUT2D eigenvalue weighted by Crippen LogP contribution is 2.13. The lowest BCUT2D eigenvalue weighted by atomic mass is 10.2. The maximum atomic E-state index is 12.1. The van der Waals surface area contributed by atoms with Crippen molar-refractivity contribution in [2.24, 2.45) is 0 Å². The smallest absolute Gasteiger partial charge is 0.407 e. The first-order chi connectivity index (χ1) is 10.6. The van der Waals surface area contributed by atoms with Crippen LogP contribution in [0.5, 0.6) is 0 Å². The number of likely N-dealkylation sites (N-methyl/N-ethyl adjacent to an activating group) is 1. The molecule has 0 saturated carbocycles. The van der Waals surface area contributed by atoms with E-state index in [4.69, 9.17) is 16.3 Å². The Morgan fingerprint density at radius 2 is 1.83 bits per heavy atom. The maximum absolute atomic E-state index is 12.1. The van der Waals surface area contributed by atoms with E-state index in [-0.39, 0.29) is 12.1 Å². The Kier molecular flexibility index (Phi) is 6.69. The Labute approximate surface area is 142 Å².